The summed E-state index contributed by atoms with van der Waals surface area (Å²) in [5, 5.41) is 33.7. The zero-order valence-electron chi connectivity index (χ0n) is 13.8. The molecule has 3 amide bonds. The quantitative estimate of drug-likeness (QED) is 0.177. The lowest BCUT2D eigenvalue weighted by atomic mass is 10.1. The molecule has 0 fully saturated rings. The number of aliphatic carboxylic acids is 1. The number of nitrogens with one attached hydrogen (secondary N) is 3. The van der Waals surface area contributed by atoms with E-state index < -0.39 is 60.6 Å². The third-order valence-corrected chi connectivity index (χ3v) is 3.51. The molecule has 0 radical (unpaired) electrons. The van der Waals surface area contributed by atoms with Gasteiger partial charge in [-0.3, -0.25) is 14.4 Å². The van der Waals surface area contributed by atoms with Gasteiger partial charge >= 0.3 is 5.97 Å². The highest BCUT2D eigenvalue weighted by atomic mass is 32.1. The Labute approximate surface area is 149 Å². The second kappa shape index (κ2) is 10.9. The lowest BCUT2D eigenvalue weighted by molar-refractivity contribution is -0.145. The van der Waals surface area contributed by atoms with E-state index in [0.29, 0.717) is 0 Å². The summed E-state index contributed by atoms with van der Waals surface area (Å²) < 4.78 is 0. The maximum atomic E-state index is 12.0. The van der Waals surface area contributed by atoms with Gasteiger partial charge in [-0.1, -0.05) is 0 Å². The first-order valence-corrected chi connectivity index (χ1v) is 7.97. The highest BCUT2D eigenvalue weighted by molar-refractivity contribution is 7.80. The second-order valence-electron chi connectivity index (χ2n) is 5.33. The zero-order valence-corrected chi connectivity index (χ0v) is 14.7. The Morgan fingerprint density at radius 1 is 1.04 bits per heavy atom. The molecule has 0 heterocycles. The predicted octanol–water partition coefficient (Wildman–Crippen LogP) is -3.82. The first kappa shape index (κ1) is 23.1. The summed E-state index contributed by atoms with van der Waals surface area (Å²) in [6.45, 7) is 1.92. The molecule has 0 aromatic heterocycles. The summed E-state index contributed by atoms with van der Waals surface area (Å²) in [7, 11) is 0. The van der Waals surface area contributed by atoms with Crippen LogP contribution in [-0.2, 0) is 19.2 Å². The number of aliphatic hydroxyl groups is 2. The molecule has 0 spiro atoms. The molecular weight excluding hydrogens is 356 g/mol. The fourth-order valence-corrected chi connectivity index (χ4v) is 1.86. The van der Waals surface area contributed by atoms with Crippen molar-refractivity contribution in [1.82, 2.24) is 16.0 Å². The lowest BCUT2D eigenvalue weighted by Crippen LogP contribution is -2.58. The second-order valence-corrected chi connectivity index (χ2v) is 5.69. The van der Waals surface area contributed by atoms with Crippen LogP contribution in [0.4, 0.5) is 0 Å². The topological polar surface area (TPSA) is 191 Å². The molecular formula is C13H24N4O7S. The summed E-state index contributed by atoms with van der Waals surface area (Å²) in [6, 6.07) is -5.00. The molecule has 0 aromatic carbocycles. The van der Waals surface area contributed by atoms with Crippen LogP contribution >= 0.6 is 12.6 Å². The molecule has 12 heteroatoms. The third kappa shape index (κ3) is 7.69. The van der Waals surface area contributed by atoms with Gasteiger partial charge in [0, 0.05) is 5.75 Å². The maximum Gasteiger partial charge on any atom is 0.328 e. The van der Waals surface area contributed by atoms with Gasteiger partial charge in [-0.05, 0) is 13.8 Å². The van der Waals surface area contributed by atoms with Gasteiger partial charge in [0.05, 0.1) is 12.7 Å². The molecule has 0 aliphatic heterocycles. The van der Waals surface area contributed by atoms with Crippen LogP contribution in [0.1, 0.15) is 13.8 Å². The molecule has 144 valence electrons. The summed E-state index contributed by atoms with van der Waals surface area (Å²) >= 11 is 3.92. The van der Waals surface area contributed by atoms with Crippen molar-refractivity contribution < 1.29 is 34.5 Å². The van der Waals surface area contributed by atoms with Crippen LogP contribution in [-0.4, -0.2) is 81.6 Å². The van der Waals surface area contributed by atoms with Crippen molar-refractivity contribution in [3.63, 3.8) is 0 Å². The molecule has 8 N–H and O–H groups in total. The Kier molecular flexibility index (Phi) is 10.0. The van der Waals surface area contributed by atoms with Gasteiger partial charge in [-0.2, -0.15) is 12.6 Å². The largest absolute Gasteiger partial charge is 0.480 e. The zero-order chi connectivity index (χ0) is 19.7. The number of thiol groups is 1. The van der Waals surface area contributed by atoms with Gasteiger partial charge in [0.1, 0.15) is 18.1 Å². The van der Waals surface area contributed by atoms with Crippen molar-refractivity contribution in [2.75, 3.05) is 12.4 Å². The third-order valence-electron chi connectivity index (χ3n) is 3.15. The number of hydrogen-bond acceptors (Lipinski definition) is 8. The number of carboxylic acids is 1. The Bertz CT molecular complexity index is 503. The van der Waals surface area contributed by atoms with Gasteiger partial charge in [0.15, 0.2) is 6.04 Å². The number of nitrogens with two attached hydrogens (primary N) is 1. The van der Waals surface area contributed by atoms with E-state index in [1.165, 1.54) is 13.8 Å². The standard InChI is InChI=1S/C13H24N4O7S/c1-5(15-11(21)7(14)3-18)10(20)16-8(4-25)12(22)17-9(6(2)19)13(23)24/h5-9,18-19,25H,3-4,14H2,1-2H3,(H,15,21)(H,16,20)(H,17,22)(H,23,24). The molecule has 0 aliphatic rings. The van der Waals surface area contributed by atoms with E-state index in [0.717, 1.165) is 0 Å². The fourth-order valence-electron chi connectivity index (χ4n) is 1.60. The van der Waals surface area contributed by atoms with Gasteiger partial charge in [-0.15, -0.1) is 0 Å². The molecule has 0 aromatic rings. The Balaban J connectivity index is 4.80. The SMILES string of the molecule is CC(NC(=O)C(N)CO)C(=O)NC(CS)C(=O)NC(C(=O)O)C(C)O. The minimum atomic E-state index is -1.55. The monoisotopic (exact) mass is 380 g/mol. The van der Waals surface area contributed by atoms with Crippen molar-refractivity contribution in [1.29, 1.82) is 0 Å². The maximum absolute atomic E-state index is 12.0. The van der Waals surface area contributed by atoms with E-state index in [-0.39, 0.29) is 5.75 Å². The van der Waals surface area contributed by atoms with Crippen molar-refractivity contribution in [2.24, 2.45) is 5.73 Å². The average Bonchev–Trinajstić information content (AvgIpc) is 2.55. The van der Waals surface area contributed by atoms with E-state index in [1.807, 2.05) is 0 Å². The van der Waals surface area contributed by atoms with Crippen molar-refractivity contribution in [3.8, 4) is 0 Å². The number of hydrogen-bond donors (Lipinski definition) is 8. The van der Waals surface area contributed by atoms with E-state index >= 15 is 0 Å². The van der Waals surface area contributed by atoms with Crippen molar-refractivity contribution in [2.45, 2.75) is 44.1 Å². The van der Waals surface area contributed by atoms with Gasteiger partial charge in [0.2, 0.25) is 17.7 Å². The first-order valence-electron chi connectivity index (χ1n) is 7.34. The number of carbonyl (C=O) groups excluding carboxylic acids is 3. The Hall–Kier alpha value is -1.89. The highest BCUT2D eigenvalue weighted by Gasteiger charge is 2.30. The summed E-state index contributed by atoms with van der Waals surface area (Å²) in [5.74, 6) is -3.94. The van der Waals surface area contributed by atoms with Gasteiger partial charge in [-0.25, -0.2) is 4.79 Å². The summed E-state index contributed by atoms with van der Waals surface area (Å²) in [5.41, 5.74) is 5.30. The molecule has 11 nitrogen and oxygen atoms in total. The smallest absolute Gasteiger partial charge is 0.328 e. The molecule has 5 atom stereocenters. The first-order chi connectivity index (χ1) is 11.5. The summed E-state index contributed by atoms with van der Waals surface area (Å²) in [6.07, 6.45) is -1.35. The predicted molar refractivity (Wildman–Crippen MR) is 89.7 cm³/mol. The number of rotatable bonds is 10. The number of carboxylic acid groups (broad SMARTS) is 1. The van der Waals surface area contributed by atoms with E-state index in [9.17, 15) is 24.3 Å². The molecule has 0 saturated carbocycles. The van der Waals surface area contributed by atoms with E-state index in [2.05, 4.69) is 28.6 Å². The Morgan fingerprint density at radius 2 is 1.60 bits per heavy atom. The van der Waals surface area contributed by atoms with Crippen LogP contribution in [0.2, 0.25) is 0 Å². The summed E-state index contributed by atoms with van der Waals surface area (Å²) in [4.78, 5) is 46.5. The molecule has 0 bridgehead atoms. The minimum Gasteiger partial charge on any atom is -0.480 e. The van der Waals surface area contributed by atoms with Crippen LogP contribution < -0.4 is 21.7 Å². The lowest BCUT2D eigenvalue weighted by Gasteiger charge is -2.23. The number of aliphatic hydroxyl groups excluding tert-OH is 2. The normalized spacial score (nSPS) is 16.7. The van der Waals surface area contributed by atoms with E-state index in [4.69, 9.17) is 15.9 Å². The fraction of sp³-hybridized carbons (Fsp3) is 0.692. The van der Waals surface area contributed by atoms with Crippen LogP contribution in [0, 0.1) is 0 Å². The van der Waals surface area contributed by atoms with Crippen LogP contribution in [0.25, 0.3) is 0 Å². The molecule has 5 unspecified atom stereocenters. The van der Waals surface area contributed by atoms with Crippen LogP contribution in [0.15, 0.2) is 0 Å². The van der Waals surface area contributed by atoms with Crippen molar-refractivity contribution in [3.05, 3.63) is 0 Å². The number of carbonyl (C=O) groups is 4. The molecule has 0 aliphatic carbocycles. The van der Waals surface area contributed by atoms with Gasteiger partial charge in [0.25, 0.3) is 0 Å². The highest BCUT2D eigenvalue weighted by Crippen LogP contribution is 1.97. The minimum absolute atomic E-state index is 0.152. The van der Waals surface area contributed by atoms with Crippen LogP contribution in [0.3, 0.4) is 0 Å². The molecule has 0 saturated heterocycles. The Morgan fingerprint density at radius 3 is 2.00 bits per heavy atom. The van der Waals surface area contributed by atoms with Crippen molar-refractivity contribution >= 4 is 36.3 Å². The van der Waals surface area contributed by atoms with E-state index in [1.54, 1.807) is 0 Å². The number of amides is 3. The molecule has 0 rings (SSSR count). The van der Waals surface area contributed by atoms with Gasteiger partial charge < -0.3 is 37.0 Å². The van der Waals surface area contributed by atoms with Crippen LogP contribution in [0.5, 0.6) is 0 Å². The molecule has 25 heavy (non-hydrogen) atoms. The average molecular weight is 380 g/mol.